The molecule has 2 N–H and O–H groups in total. The Bertz CT molecular complexity index is 448. The van der Waals surface area contributed by atoms with Crippen molar-refractivity contribution in [2.45, 2.75) is 19.9 Å². The zero-order chi connectivity index (χ0) is 14.6. The predicted molar refractivity (Wildman–Crippen MR) is 83.3 cm³/mol. The lowest BCUT2D eigenvalue weighted by atomic mass is 10.1. The number of hydrogen-bond donors (Lipinski definition) is 1. The minimum atomic E-state index is 0.0394. The molecule has 0 aliphatic heterocycles. The predicted octanol–water partition coefficient (Wildman–Crippen LogP) is 2.44. The molecule has 0 spiro atoms. The van der Waals surface area contributed by atoms with Crippen LogP contribution in [-0.2, 0) is 0 Å². The molecule has 0 saturated carbocycles. The van der Waals surface area contributed by atoms with Crippen molar-refractivity contribution in [3.05, 3.63) is 28.2 Å². The quantitative estimate of drug-likeness (QED) is 0.845. The number of nitrogens with zero attached hydrogens (tertiary/aromatic N) is 2. The highest BCUT2D eigenvalue weighted by atomic mass is 79.9. The van der Waals surface area contributed by atoms with Gasteiger partial charge in [-0.1, -0.05) is 0 Å². The summed E-state index contributed by atoms with van der Waals surface area (Å²) < 4.78 is 0.759. The van der Waals surface area contributed by atoms with Gasteiger partial charge in [0.25, 0.3) is 5.91 Å². The van der Waals surface area contributed by atoms with Crippen molar-refractivity contribution in [2.24, 2.45) is 0 Å². The molecule has 0 aliphatic carbocycles. The minimum absolute atomic E-state index is 0.0394. The van der Waals surface area contributed by atoms with Gasteiger partial charge in [-0.3, -0.25) is 4.79 Å². The van der Waals surface area contributed by atoms with Crippen LogP contribution >= 0.6 is 15.9 Å². The van der Waals surface area contributed by atoms with E-state index in [4.69, 9.17) is 5.73 Å². The van der Waals surface area contributed by atoms with Gasteiger partial charge in [0.15, 0.2) is 0 Å². The molecule has 1 atom stereocenters. The summed E-state index contributed by atoms with van der Waals surface area (Å²) in [5, 5.41) is 0. The fourth-order valence-corrected chi connectivity index (χ4v) is 2.49. The number of nitrogens with two attached hydrogens (primary N) is 1. The van der Waals surface area contributed by atoms with E-state index >= 15 is 0 Å². The molecular weight excluding hydrogens is 306 g/mol. The molecule has 0 heterocycles. The molecule has 1 aromatic rings. The number of likely N-dealkylation sites (N-methyl/N-ethyl adjacent to an activating group) is 2. The van der Waals surface area contributed by atoms with Crippen LogP contribution in [-0.4, -0.2) is 48.9 Å². The number of carbonyl (C=O) groups is 1. The van der Waals surface area contributed by atoms with Gasteiger partial charge < -0.3 is 15.5 Å². The summed E-state index contributed by atoms with van der Waals surface area (Å²) >= 11 is 3.36. The highest BCUT2D eigenvalue weighted by Gasteiger charge is 2.20. The van der Waals surface area contributed by atoms with E-state index < -0.39 is 0 Å². The van der Waals surface area contributed by atoms with Gasteiger partial charge in [0.1, 0.15) is 0 Å². The second-order valence-electron chi connectivity index (χ2n) is 4.94. The third-order valence-electron chi connectivity index (χ3n) is 3.01. The molecule has 0 aromatic heterocycles. The molecule has 0 aliphatic rings. The summed E-state index contributed by atoms with van der Waals surface area (Å²) in [6.07, 6.45) is 0. The van der Waals surface area contributed by atoms with E-state index in [0.29, 0.717) is 17.8 Å². The molecule has 5 heteroatoms. The lowest BCUT2D eigenvalue weighted by molar-refractivity contribution is 0.0679. The highest BCUT2D eigenvalue weighted by molar-refractivity contribution is 9.10. The number of hydrogen-bond acceptors (Lipinski definition) is 3. The van der Waals surface area contributed by atoms with Crippen molar-refractivity contribution in [2.75, 3.05) is 32.9 Å². The summed E-state index contributed by atoms with van der Waals surface area (Å²) in [7, 11) is 4.02. The maximum absolute atomic E-state index is 12.5. The molecule has 4 nitrogen and oxygen atoms in total. The number of anilines is 1. The van der Waals surface area contributed by atoms with Gasteiger partial charge in [0.05, 0.1) is 0 Å². The van der Waals surface area contributed by atoms with Crippen molar-refractivity contribution < 1.29 is 4.79 Å². The maximum atomic E-state index is 12.5. The number of benzene rings is 1. The average molecular weight is 328 g/mol. The molecule has 1 unspecified atom stereocenters. The number of nitrogen functional groups attached to an aromatic ring is 1. The van der Waals surface area contributed by atoms with Crippen LogP contribution in [0, 0.1) is 0 Å². The number of halogens is 1. The summed E-state index contributed by atoms with van der Waals surface area (Å²) in [5.74, 6) is 0.0394. The van der Waals surface area contributed by atoms with Crippen molar-refractivity contribution in [1.29, 1.82) is 0 Å². The molecule has 0 saturated heterocycles. The first kappa shape index (κ1) is 16.0. The van der Waals surface area contributed by atoms with Crippen LogP contribution in [0.1, 0.15) is 24.2 Å². The Kier molecular flexibility index (Phi) is 5.82. The average Bonchev–Trinajstić information content (AvgIpc) is 2.32. The van der Waals surface area contributed by atoms with E-state index in [9.17, 15) is 4.79 Å². The van der Waals surface area contributed by atoms with Gasteiger partial charge in [0, 0.05) is 34.9 Å². The summed E-state index contributed by atoms with van der Waals surface area (Å²) in [6.45, 7) is 5.59. The first-order chi connectivity index (χ1) is 8.86. The lowest BCUT2D eigenvalue weighted by Gasteiger charge is -2.30. The first-order valence-electron chi connectivity index (χ1n) is 6.37. The van der Waals surface area contributed by atoms with E-state index in [0.717, 1.165) is 11.0 Å². The third-order valence-corrected chi connectivity index (χ3v) is 3.70. The van der Waals surface area contributed by atoms with E-state index in [1.165, 1.54) is 0 Å². The van der Waals surface area contributed by atoms with Crippen LogP contribution in [0.4, 0.5) is 5.69 Å². The topological polar surface area (TPSA) is 49.6 Å². The van der Waals surface area contributed by atoms with Gasteiger partial charge in [0.2, 0.25) is 0 Å². The Labute approximate surface area is 123 Å². The van der Waals surface area contributed by atoms with Crippen molar-refractivity contribution >= 4 is 27.5 Å². The summed E-state index contributed by atoms with van der Waals surface area (Å²) in [5.41, 5.74) is 7.05. The molecule has 1 aromatic carbocycles. The molecule has 106 valence electrons. The second kappa shape index (κ2) is 6.91. The fraction of sp³-hybridized carbons (Fsp3) is 0.500. The first-order valence-corrected chi connectivity index (χ1v) is 7.16. The van der Waals surface area contributed by atoms with Crippen molar-refractivity contribution in [3.8, 4) is 0 Å². The largest absolute Gasteiger partial charge is 0.398 e. The molecule has 1 amide bonds. The summed E-state index contributed by atoms with van der Waals surface area (Å²) in [4.78, 5) is 16.5. The second-order valence-corrected chi connectivity index (χ2v) is 5.79. The van der Waals surface area contributed by atoms with Gasteiger partial charge in [-0.15, -0.1) is 0 Å². The van der Waals surface area contributed by atoms with Crippen molar-refractivity contribution in [1.82, 2.24) is 9.80 Å². The lowest BCUT2D eigenvalue weighted by Crippen LogP contribution is -2.43. The standard InChI is InChI=1S/C14H22BrN3O/c1-5-18(10(2)9-17(3)4)14(19)11-6-7-13(16)12(15)8-11/h6-8,10H,5,9,16H2,1-4H3. The SMILES string of the molecule is CCN(C(=O)c1ccc(N)c(Br)c1)C(C)CN(C)C. The Morgan fingerprint density at radius 2 is 2.05 bits per heavy atom. The summed E-state index contributed by atoms with van der Waals surface area (Å²) in [6, 6.07) is 5.47. The van der Waals surface area contributed by atoms with E-state index in [1.54, 1.807) is 18.2 Å². The Morgan fingerprint density at radius 1 is 1.42 bits per heavy atom. The van der Waals surface area contributed by atoms with Crippen LogP contribution < -0.4 is 5.73 Å². The number of carbonyl (C=O) groups excluding carboxylic acids is 1. The molecule has 0 bridgehead atoms. The monoisotopic (exact) mass is 327 g/mol. The van der Waals surface area contributed by atoms with Gasteiger partial charge in [-0.2, -0.15) is 0 Å². The van der Waals surface area contributed by atoms with E-state index in [-0.39, 0.29) is 11.9 Å². The fourth-order valence-electron chi connectivity index (χ4n) is 2.11. The van der Waals surface area contributed by atoms with Gasteiger partial charge in [-0.25, -0.2) is 0 Å². The van der Waals surface area contributed by atoms with Crippen molar-refractivity contribution in [3.63, 3.8) is 0 Å². The molecule has 19 heavy (non-hydrogen) atoms. The smallest absolute Gasteiger partial charge is 0.254 e. The zero-order valence-corrected chi connectivity index (χ0v) is 13.6. The van der Waals surface area contributed by atoms with Gasteiger partial charge in [-0.05, 0) is 62.1 Å². The van der Waals surface area contributed by atoms with Crippen LogP contribution in [0.2, 0.25) is 0 Å². The molecular formula is C14H22BrN3O. The van der Waals surface area contributed by atoms with E-state index in [1.807, 2.05) is 25.9 Å². The van der Waals surface area contributed by atoms with Crippen LogP contribution in [0.25, 0.3) is 0 Å². The Morgan fingerprint density at radius 3 is 2.53 bits per heavy atom. The highest BCUT2D eigenvalue weighted by Crippen LogP contribution is 2.21. The third kappa shape index (κ3) is 4.21. The Hall–Kier alpha value is -1.07. The Balaban J connectivity index is 2.91. The maximum Gasteiger partial charge on any atom is 0.254 e. The minimum Gasteiger partial charge on any atom is -0.398 e. The normalized spacial score (nSPS) is 12.5. The zero-order valence-electron chi connectivity index (χ0n) is 12.0. The van der Waals surface area contributed by atoms with Crippen LogP contribution in [0.15, 0.2) is 22.7 Å². The van der Waals surface area contributed by atoms with Crippen LogP contribution in [0.3, 0.4) is 0 Å². The molecule has 0 fully saturated rings. The van der Waals surface area contributed by atoms with E-state index in [2.05, 4.69) is 27.8 Å². The van der Waals surface area contributed by atoms with Crippen LogP contribution in [0.5, 0.6) is 0 Å². The van der Waals surface area contributed by atoms with Gasteiger partial charge >= 0.3 is 0 Å². The molecule has 1 rings (SSSR count). The number of amides is 1. The number of rotatable bonds is 5. The molecule has 0 radical (unpaired) electrons.